The van der Waals surface area contributed by atoms with Gasteiger partial charge in [-0.15, -0.1) is 0 Å². The largest absolute Gasteiger partial charge is 0.344 e. The molecule has 1 unspecified atom stereocenters. The minimum atomic E-state index is -0.677. The highest BCUT2D eigenvalue weighted by Crippen LogP contribution is 2.19. The number of nitrogens with one attached hydrogen (secondary N) is 2. The first-order valence-electron chi connectivity index (χ1n) is 11.1. The van der Waals surface area contributed by atoms with E-state index in [4.69, 9.17) is 0 Å². The van der Waals surface area contributed by atoms with E-state index >= 15 is 0 Å². The Hall–Kier alpha value is -3.41. The number of aromatic nitrogens is 2. The molecule has 0 fully saturated rings. The normalized spacial score (nSPS) is 11.9. The van der Waals surface area contributed by atoms with Crippen molar-refractivity contribution in [3.05, 3.63) is 78.0 Å². The Morgan fingerprint density at radius 3 is 2.34 bits per heavy atom. The number of rotatable bonds is 10. The summed E-state index contributed by atoms with van der Waals surface area (Å²) in [4.78, 5) is 27.3. The summed E-state index contributed by atoms with van der Waals surface area (Å²) in [7, 11) is 1.79. The predicted octanol–water partition coefficient (Wildman–Crippen LogP) is 4.37. The van der Waals surface area contributed by atoms with Crippen molar-refractivity contribution in [2.75, 3.05) is 13.6 Å². The molecule has 2 amide bonds. The van der Waals surface area contributed by atoms with Crippen LogP contribution in [0.3, 0.4) is 0 Å². The van der Waals surface area contributed by atoms with Gasteiger partial charge in [0.2, 0.25) is 11.8 Å². The smallest absolute Gasteiger partial charge is 0.249 e. The summed E-state index contributed by atoms with van der Waals surface area (Å²) in [5.74, 6) is 0.0128. The number of hydrogen-bond donors (Lipinski definition) is 2. The van der Waals surface area contributed by atoms with Crippen molar-refractivity contribution in [2.24, 2.45) is 5.92 Å². The van der Waals surface area contributed by atoms with E-state index in [1.165, 1.54) is 0 Å². The van der Waals surface area contributed by atoms with Crippen LogP contribution in [-0.2, 0) is 16.0 Å². The van der Waals surface area contributed by atoms with Gasteiger partial charge in [-0.2, -0.15) is 5.10 Å². The van der Waals surface area contributed by atoms with Gasteiger partial charge in [0.05, 0.1) is 5.69 Å². The van der Waals surface area contributed by atoms with Crippen molar-refractivity contribution in [3.8, 4) is 11.3 Å². The standard InChI is InChI=1S/C26H32N4O2/c1-19(2)17-24(31)27-25(21-13-8-5-9-14-21)26(32)30(3)16-10-15-22-18-23(29-28-22)20-11-6-4-7-12-20/h4-9,11-14,18-19,25H,10,15-17H2,1-3H3,(H,27,31)(H,28,29). The third-order valence-corrected chi connectivity index (χ3v) is 5.30. The van der Waals surface area contributed by atoms with Gasteiger partial charge in [-0.1, -0.05) is 74.5 Å². The Balaban J connectivity index is 1.58. The molecule has 168 valence electrons. The molecule has 0 saturated heterocycles. The molecule has 3 aromatic rings. The molecule has 0 aliphatic carbocycles. The van der Waals surface area contributed by atoms with Gasteiger partial charge in [-0.25, -0.2) is 0 Å². The number of benzene rings is 2. The minimum absolute atomic E-state index is 0.108. The number of nitrogens with zero attached hydrogens (tertiary/aromatic N) is 2. The Kier molecular flexibility index (Phi) is 8.20. The summed E-state index contributed by atoms with van der Waals surface area (Å²) >= 11 is 0. The minimum Gasteiger partial charge on any atom is -0.344 e. The fraction of sp³-hybridized carbons (Fsp3) is 0.346. The van der Waals surface area contributed by atoms with Crippen molar-refractivity contribution in [2.45, 2.75) is 39.2 Å². The van der Waals surface area contributed by atoms with Gasteiger partial charge in [-0.05, 0) is 30.4 Å². The molecule has 2 N–H and O–H groups in total. The second-order valence-corrected chi connectivity index (χ2v) is 8.52. The summed E-state index contributed by atoms with van der Waals surface area (Å²) in [6.07, 6.45) is 1.97. The number of amides is 2. The van der Waals surface area contributed by atoms with Crippen molar-refractivity contribution < 1.29 is 9.59 Å². The molecule has 1 aromatic heterocycles. The van der Waals surface area contributed by atoms with Crippen molar-refractivity contribution in [1.82, 2.24) is 20.4 Å². The molecule has 32 heavy (non-hydrogen) atoms. The SMILES string of the molecule is CC(C)CC(=O)NC(C(=O)N(C)CCCc1cc(-c2ccccc2)n[nH]1)c1ccccc1. The Morgan fingerprint density at radius 1 is 1.03 bits per heavy atom. The number of carbonyl (C=O) groups is 2. The summed E-state index contributed by atoms with van der Waals surface area (Å²) in [6, 6.07) is 20.8. The lowest BCUT2D eigenvalue weighted by atomic mass is 10.0. The average Bonchev–Trinajstić information content (AvgIpc) is 3.26. The van der Waals surface area contributed by atoms with E-state index in [0.29, 0.717) is 13.0 Å². The molecule has 1 heterocycles. The maximum atomic E-state index is 13.2. The summed E-state index contributed by atoms with van der Waals surface area (Å²) in [6.45, 7) is 4.56. The number of aryl methyl sites for hydroxylation is 1. The van der Waals surface area contributed by atoms with E-state index in [9.17, 15) is 9.59 Å². The average molecular weight is 433 g/mol. The van der Waals surface area contributed by atoms with Gasteiger partial charge >= 0.3 is 0 Å². The van der Waals surface area contributed by atoms with Crippen molar-refractivity contribution in [3.63, 3.8) is 0 Å². The molecule has 0 aliphatic rings. The van der Waals surface area contributed by atoms with E-state index in [-0.39, 0.29) is 17.7 Å². The zero-order valence-corrected chi connectivity index (χ0v) is 19.0. The van der Waals surface area contributed by atoms with Gasteiger partial charge in [0.25, 0.3) is 0 Å². The Labute approximate surface area is 190 Å². The lowest BCUT2D eigenvalue weighted by molar-refractivity contribution is -0.135. The van der Waals surface area contributed by atoms with Crippen LogP contribution < -0.4 is 5.32 Å². The van der Waals surface area contributed by atoms with E-state index in [1.807, 2.05) is 74.5 Å². The van der Waals surface area contributed by atoms with Crippen LogP contribution in [0.25, 0.3) is 11.3 Å². The third-order valence-electron chi connectivity index (χ3n) is 5.30. The zero-order valence-electron chi connectivity index (χ0n) is 19.0. The molecule has 0 spiro atoms. The molecule has 0 saturated carbocycles. The molecule has 3 rings (SSSR count). The number of carbonyl (C=O) groups excluding carboxylic acids is 2. The second kappa shape index (κ2) is 11.3. The predicted molar refractivity (Wildman–Crippen MR) is 127 cm³/mol. The van der Waals surface area contributed by atoms with Crippen molar-refractivity contribution >= 4 is 11.8 Å². The first kappa shape index (κ1) is 23.3. The topological polar surface area (TPSA) is 78.1 Å². The van der Waals surface area contributed by atoms with Gasteiger partial charge in [0.15, 0.2) is 0 Å². The maximum Gasteiger partial charge on any atom is 0.249 e. The van der Waals surface area contributed by atoms with Gasteiger partial charge < -0.3 is 10.2 Å². The van der Waals surface area contributed by atoms with Crippen LogP contribution in [-0.4, -0.2) is 40.5 Å². The summed E-state index contributed by atoms with van der Waals surface area (Å²) < 4.78 is 0. The summed E-state index contributed by atoms with van der Waals surface area (Å²) in [5.41, 5.74) is 3.82. The van der Waals surface area contributed by atoms with Gasteiger partial charge in [0.1, 0.15) is 6.04 Å². The molecule has 1 atom stereocenters. The molecule has 6 nitrogen and oxygen atoms in total. The third kappa shape index (κ3) is 6.54. The first-order chi connectivity index (χ1) is 15.4. The molecule has 6 heteroatoms. The second-order valence-electron chi connectivity index (χ2n) is 8.52. The highest BCUT2D eigenvalue weighted by Gasteiger charge is 2.25. The molecule has 0 bridgehead atoms. The van der Waals surface area contributed by atoms with Crippen LogP contribution in [0.4, 0.5) is 0 Å². The number of likely N-dealkylation sites (N-methyl/N-ethyl adjacent to an activating group) is 1. The fourth-order valence-corrected chi connectivity index (χ4v) is 3.61. The van der Waals surface area contributed by atoms with Crippen LogP contribution in [0.15, 0.2) is 66.7 Å². The lowest BCUT2D eigenvalue weighted by Gasteiger charge is -2.25. The number of aromatic amines is 1. The quantitative estimate of drug-likeness (QED) is 0.499. The fourth-order valence-electron chi connectivity index (χ4n) is 3.61. The van der Waals surface area contributed by atoms with Crippen LogP contribution in [0.5, 0.6) is 0 Å². The Morgan fingerprint density at radius 2 is 1.69 bits per heavy atom. The monoisotopic (exact) mass is 432 g/mol. The van der Waals surface area contributed by atoms with E-state index < -0.39 is 6.04 Å². The molecular formula is C26H32N4O2. The van der Waals surface area contributed by atoms with E-state index in [1.54, 1.807) is 11.9 Å². The Bertz CT molecular complexity index is 999. The van der Waals surface area contributed by atoms with Crippen LogP contribution in [0.1, 0.15) is 44.0 Å². The van der Waals surface area contributed by atoms with Crippen LogP contribution in [0, 0.1) is 5.92 Å². The van der Waals surface area contributed by atoms with Crippen LogP contribution >= 0.6 is 0 Å². The number of hydrogen-bond acceptors (Lipinski definition) is 3. The molecule has 0 radical (unpaired) electrons. The van der Waals surface area contributed by atoms with Crippen molar-refractivity contribution in [1.29, 1.82) is 0 Å². The molecule has 2 aromatic carbocycles. The first-order valence-corrected chi connectivity index (χ1v) is 11.1. The number of H-pyrrole nitrogens is 1. The highest BCUT2D eigenvalue weighted by atomic mass is 16.2. The zero-order chi connectivity index (χ0) is 22.9. The molecular weight excluding hydrogens is 400 g/mol. The van der Waals surface area contributed by atoms with Gasteiger partial charge in [0, 0.05) is 31.3 Å². The van der Waals surface area contributed by atoms with E-state index in [2.05, 4.69) is 21.6 Å². The highest BCUT2D eigenvalue weighted by molar-refractivity contribution is 5.88. The van der Waals surface area contributed by atoms with E-state index in [0.717, 1.165) is 35.4 Å². The van der Waals surface area contributed by atoms with Crippen LogP contribution in [0.2, 0.25) is 0 Å². The lowest BCUT2D eigenvalue weighted by Crippen LogP contribution is -2.42. The molecule has 0 aliphatic heterocycles. The summed E-state index contributed by atoms with van der Waals surface area (Å²) in [5, 5.41) is 10.4. The maximum absolute atomic E-state index is 13.2. The van der Waals surface area contributed by atoms with Gasteiger partial charge in [-0.3, -0.25) is 14.7 Å².